The Kier molecular flexibility index (Phi) is 7.44. The number of carbonyl (C=O) groups is 1. The molecule has 0 aliphatic rings. The Balaban J connectivity index is 1.82. The Hall–Kier alpha value is -2.83. The molecule has 3 aromatic rings. The lowest BCUT2D eigenvalue weighted by molar-refractivity contribution is 0.0939. The van der Waals surface area contributed by atoms with Gasteiger partial charge in [0.1, 0.15) is 4.90 Å². The van der Waals surface area contributed by atoms with Crippen LogP contribution in [0, 0.1) is 13.8 Å². The molecule has 3 aromatic carbocycles. The number of rotatable bonds is 6. The van der Waals surface area contributed by atoms with Crippen LogP contribution in [0.2, 0.25) is 5.02 Å². The first-order valence-electron chi connectivity index (χ1n) is 11.1. The average Bonchev–Trinajstić information content (AvgIpc) is 2.76. The van der Waals surface area contributed by atoms with Gasteiger partial charge < -0.3 is 5.32 Å². The zero-order chi connectivity index (χ0) is 25.3. The molecule has 0 unspecified atom stereocenters. The van der Waals surface area contributed by atoms with Crippen LogP contribution in [0.25, 0.3) is 0 Å². The van der Waals surface area contributed by atoms with Crippen LogP contribution in [0.4, 0.5) is 5.69 Å². The van der Waals surface area contributed by atoms with Crippen molar-refractivity contribution in [1.29, 1.82) is 0 Å². The maximum atomic E-state index is 13.1. The van der Waals surface area contributed by atoms with Crippen LogP contribution in [-0.4, -0.2) is 14.3 Å². The van der Waals surface area contributed by atoms with Crippen LogP contribution >= 0.6 is 11.6 Å². The molecule has 0 heterocycles. The summed E-state index contributed by atoms with van der Waals surface area (Å²) < 4.78 is 28.8. The van der Waals surface area contributed by atoms with Gasteiger partial charge in [0.15, 0.2) is 0 Å². The highest BCUT2D eigenvalue weighted by atomic mass is 35.5. The fourth-order valence-electron chi connectivity index (χ4n) is 3.55. The van der Waals surface area contributed by atoms with Crippen molar-refractivity contribution in [3.63, 3.8) is 0 Å². The summed E-state index contributed by atoms with van der Waals surface area (Å²) in [7, 11) is -4.00. The molecule has 0 aliphatic heterocycles. The van der Waals surface area contributed by atoms with Crippen molar-refractivity contribution < 1.29 is 13.2 Å². The standard InChI is InChI=1S/C27H31ClN2O3S/c1-17-8-7-9-24(18(17)2)30-34(32,33)25-16-21(12-15-23(25)28)26(31)29-19(3)20-10-13-22(14-11-20)27(4,5)6/h7-16,19,30H,1-6H3,(H,29,31)/t19-/m0/s1. The van der Waals surface area contributed by atoms with Gasteiger partial charge in [-0.25, -0.2) is 8.42 Å². The summed E-state index contributed by atoms with van der Waals surface area (Å²) in [5.74, 6) is -0.382. The Labute approximate surface area is 207 Å². The van der Waals surface area contributed by atoms with Crippen molar-refractivity contribution in [2.75, 3.05) is 4.72 Å². The fraction of sp³-hybridized carbons (Fsp3) is 0.296. The zero-order valence-electron chi connectivity index (χ0n) is 20.4. The van der Waals surface area contributed by atoms with Gasteiger partial charge in [-0.15, -0.1) is 0 Å². The Morgan fingerprint density at radius 3 is 2.24 bits per heavy atom. The lowest BCUT2D eigenvalue weighted by atomic mass is 9.86. The predicted octanol–water partition coefficient (Wildman–Crippen LogP) is 6.55. The molecule has 1 amide bonds. The first-order chi connectivity index (χ1) is 15.8. The molecule has 0 saturated heterocycles. The molecule has 180 valence electrons. The van der Waals surface area contributed by atoms with Crippen LogP contribution in [0.5, 0.6) is 0 Å². The van der Waals surface area contributed by atoms with E-state index in [1.807, 2.05) is 39.0 Å². The normalized spacial score (nSPS) is 12.8. The molecule has 0 radical (unpaired) electrons. The number of aryl methyl sites for hydroxylation is 1. The van der Waals surface area contributed by atoms with E-state index in [2.05, 4.69) is 42.9 Å². The number of anilines is 1. The van der Waals surface area contributed by atoms with Crippen molar-refractivity contribution in [3.8, 4) is 0 Å². The van der Waals surface area contributed by atoms with Crippen LogP contribution in [-0.2, 0) is 15.4 Å². The lowest BCUT2D eigenvalue weighted by Crippen LogP contribution is -2.27. The number of nitrogens with one attached hydrogen (secondary N) is 2. The molecule has 0 fully saturated rings. The number of hydrogen-bond donors (Lipinski definition) is 2. The highest BCUT2D eigenvalue weighted by Gasteiger charge is 2.22. The van der Waals surface area contributed by atoms with Gasteiger partial charge in [-0.1, -0.05) is 68.8 Å². The smallest absolute Gasteiger partial charge is 0.263 e. The summed E-state index contributed by atoms with van der Waals surface area (Å²) in [5, 5.41) is 2.98. The van der Waals surface area contributed by atoms with Crippen LogP contribution < -0.4 is 10.0 Å². The summed E-state index contributed by atoms with van der Waals surface area (Å²) in [6.07, 6.45) is 0. The van der Waals surface area contributed by atoms with E-state index in [0.717, 1.165) is 16.7 Å². The van der Waals surface area contributed by atoms with Crippen molar-refractivity contribution in [1.82, 2.24) is 5.32 Å². The van der Waals surface area contributed by atoms with Crippen molar-refractivity contribution in [3.05, 3.63) is 93.5 Å². The van der Waals surface area contributed by atoms with Gasteiger partial charge in [-0.3, -0.25) is 9.52 Å². The fourth-order valence-corrected chi connectivity index (χ4v) is 5.20. The SMILES string of the molecule is Cc1cccc(NS(=O)(=O)c2cc(C(=O)N[C@@H](C)c3ccc(C(C)(C)C)cc3)ccc2Cl)c1C. The highest BCUT2D eigenvalue weighted by Crippen LogP contribution is 2.28. The van der Waals surface area contributed by atoms with Gasteiger partial charge in [0.05, 0.1) is 16.8 Å². The summed E-state index contributed by atoms with van der Waals surface area (Å²) in [4.78, 5) is 12.8. The second-order valence-corrected chi connectivity index (χ2v) is 11.6. The molecule has 0 saturated carbocycles. The van der Waals surface area contributed by atoms with E-state index in [1.54, 1.807) is 12.1 Å². The van der Waals surface area contributed by atoms with Crippen molar-refractivity contribution >= 4 is 33.2 Å². The van der Waals surface area contributed by atoms with Gasteiger partial charge in [-0.05, 0) is 72.7 Å². The lowest BCUT2D eigenvalue weighted by Gasteiger charge is -2.21. The minimum absolute atomic E-state index is 0.0418. The molecule has 3 rings (SSSR count). The Bertz CT molecular complexity index is 1310. The molecule has 2 N–H and O–H groups in total. The molecule has 0 bridgehead atoms. The highest BCUT2D eigenvalue weighted by molar-refractivity contribution is 7.92. The molecule has 1 atom stereocenters. The van der Waals surface area contributed by atoms with Crippen molar-refractivity contribution in [2.24, 2.45) is 0 Å². The third-order valence-corrected chi connectivity index (χ3v) is 7.80. The predicted molar refractivity (Wildman–Crippen MR) is 139 cm³/mol. The summed E-state index contributed by atoms with van der Waals surface area (Å²) >= 11 is 6.23. The maximum absolute atomic E-state index is 13.1. The van der Waals surface area contributed by atoms with E-state index in [1.165, 1.54) is 23.8 Å². The van der Waals surface area contributed by atoms with Crippen LogP contribution in [0.15, 0.2) is 65.6 Å². The van der Waals surface area contributed by atoms with E-state index >= 15 is 0 Å². The Morgan fingerprint density at radius 2 is 1.62 bits per heavy atom. The molecular formula is C27H31ClN2O3S. The third kappa shape index (κ3) is 5.80. The second kappa shape index (κ2) is 9.80. The number of benzene rings is 3. The summed E-state index contributed by atoms with van der Waals surface area (Å²) in [6, 6.07) is 17.5. The van der Waals surface area contributed by atoms with Gasteiger partial charge in [0, 0.05) is 5.56 Å². The molecule has 0 aromatic heterocycles. The van der Waals surface area contributed by atoms with E-state index in [0.29, 0.717) is 5.69 Å². The Morgan fingerprint density at radius 1 is 0.971 bits per heavy atom. The molecule has 5 nitrogen and oxygen atoms in total. The van der Waals surface area contributed by atoms with Gasteiger partial charge in [0.25, 0.3) is 15.9 Å². The van der Waals surface area contributed by atoms with Crippen molar-refractivity contribution in [2.45, 2.75) is 57.9 Å². The van der Waals surface area contributed by atoms with Crippen LogP contribution in [0.1, 0.15) is 66.3 Å². The maximum Gasteiger partial charge on any atom is 0.263 e. The van der Waals surface area contributed by atoms with Gasteiger partial charge >= 0.3 is 0 Å². The summed E-state index contributed by atoms with van der Waals surface area (Å²) in [6.45, 7) is 12.1. The van der Waals surface area contributed by atoms with E-state index in [4.69, 9.17) is 11.6 Å². The minimum Gasteiger partial charge on any atom is -0.346 e. The topological polar surface area (TPSA) is 75.3 Å². The van der Waals surface area contributed by atoms with Gasteiger partial charge in [0.2, 0.25) is 0 Å². The summed E-state index contributed by atoms with van der Waals surface area (Å²) in [5.41, 5.74) is 4.67. The number of carbonyl (C=O) groups excluding carboxylic acids is 1. The zero-order valence-corrected chi connectivity index (χ0v) is 21.9. The average molecular weight is 499 g/mol. The van der Waals surface area contributed by atoms with Crippen LogP contribution in [0.3, 0.4) is 0 Å². The minimum atomic E-state index is -4.00. The second-order valence-electron chi connectivity index (χ2n) is 9.57. The molecular weight excluding hydrogens is 468 g/mol. The monoisotopic (exact) mass is 498 g/mol. The number of sulfonamides is 1. The van der Waals surface area contributed by atoms with Gasteiger partial charge in [-0.2, -0.15) is 0 Å². The quantitative estimate of drug-likeness (QED) is 0.404. The largest absolute Gasteiger partial charge is 0.346 e. The van der Waals surface area contributed by atoms with E-state index < -0.39 is 10.0 Å². The number of halogens is 1. The first kappa shape index (κ1) is 25.8. The third-order valence-electron chi connectivity index (χ3n) is 5.96. The molecule has 7 heteroatoms. The first-order valence-corrected chi connectivity index (χ1v) is 13.0. The molecule has 0 aliphatic carbocycles. The number of amides is 1. The van der Waals surface area contributed by atoms with E-state index in [9.17, 15) is 13.2 Å². The van der Waals surface area contributed by atoms with E-state index in [-0.39, 0.29) is 32.8 Å². The number of hydrogen-bond acceptors (Lipinski definition) is 3. The molecule has 34 heavy (non-hydrogen) atoms. The molecule has 0 spiro atoms.